The lowest BCUT2D eigenvalue weighted by Gasteiger charge is -2.13. The number of amides is 1. The van der Waals surface area contributed by atoms with Gasteiger partial charge in [-0.15, -0.1) is 0 Å². The molecular weight excluding hydrogens is 407 g/mol. The van der Waals surface area contributed by atoms with Crippen LogP contribution in [-0.4, -0.2) is 22.8 Å². The molecule has 1 aliphatic rings. The number of halogens is 2. The number of fused-ring (bicyclic) bond motifs is 1. The van der Waals surface area contributed by atoms with E-state index in [-0.39, 0.29) is 11.7 Å². The van der Waals surface area contributed by atoms with E-state index in [4.69, 9.17) is 28.2 Å². The molecule has 29 heavy (non-hydrogen) atoms. The largest absolute Gasteiger partial charge is 0.508 e. The summed E-state index contributed by atoms with van der Waals surface area (Å²) in [6, 6.07) is 17.3. The van der Waals surface area contributed by atoms with Gasteiger partial charge in [0.1, 0.15) is 11.8 Å². The van der Waals surface area contributed by atoms with Crippen LogP contribution in [0.25, 0.3) is 0 Å². The Bertz CT molecular complexity index is 1140. The lowest BCUT2D eigenvalue weighted by molar-refractivity contribution is -0.117. The zero-order valence-electron chi connectivity index (χ0n) is 15.6. The number of hydrogen-bond donors (Lipinski definition) is 2. The molecule has 146 valence electrons. The average molecular weight is 425 g/mol. The maximum Gasteiger partial charge on any atom is 0.249 e. The van der Waals surface area contributed by atoms with E-state index in [1.807, 2.05) is 31.2 Å². The molecule has 4 nitrogen and oxygen atoms in total. The van der Waals surface area contributed by atoms with Crippen LogP contribution in [0.5, 0.6) is 5.75 Å². The molecular formula is C23H18Cl2N2O2. The third-order valence-corrected chi connectivity index (χ3v) is 5.53. The molecule has 1 heterocycles. The van der Waals surface area contributed by atoms with Crippen LogP contribution in [0.15, 0.2) is 65.7 Å². The first kappa shape index (κ1) is 19.5. The molecule has 3 aromatic rings. The number of carbonyl (C=O) groups excluding carboxylic acids is 1. The molecule has 0 aliphatic carbocycles. The minimum absolute atomic E-state index is 0.205. The number of hydrogen-bond acceptors (Lipinski definition) is 3. The first-order chi connectivity index (χ1) is 13.9. The van der Waals surface area contributed by atoms with Crippen LogP contribution in [0, 0.1) is 6.92 Å². The van der Waals surface area contributed by atoms with Crippen molar-refractivity contribution in [3.63, 3.8) is 0 Å². The Labute approximate surface area is 178 Å². The predicted octanol–water partition coefficient (Wildman–Crippen LogP) is 5.41. The summed E-state index contributed by atoms with van der Waals surface area (Å²) < 4.78 is 0. The number of nitrogens with zero attached hydrogens (tertiary/aromatic N) is 1. The van der Waals surface area contributed by atoms with Gasteiger partial charge >= 0.3 is 0 Å². The summed E-state index contributed by atoms with van der Waals surface area (Å²) in [5.74, 6) is -0.00454. The van der Waals surface area contributed by atoms with Gasteiger partial charge in [0, 0.05) is 27.6 Å². The van der Waals surface area contributed by atoms with E-state index in [1.54, 1.807) is 36.4 Å². The summed E-state index contributed by atoms with van der Waals surface area (Å²) in [6.07, 6.45) is 0.369. The highest BCUT2D eigenvalue weighted by atomic mass is 35.5. The molecule has 4 rings (SSSR count). The van der Waals surface area contributed by atoms with Gasteiger partial charge in [0.2, 0.25) is 5.91 Å². The van der Waals surface area contributed by atoms with Crippen molar-refractivity contribution >= 4 is 40.5 Å². The maximum absolute atomic E-state index is 12.9. The van der Waals surface area contributed by atoms with E-state index in [9.17, 15) is 9.90 Å². The Morgan fingerprint density at radius 2 is 1.86 bits per heavy atom. The highest BCUT2D eigenvalue weighted by Crippen LogP contribution is 2.30. The smallest absolute Gasteiger partial charge is 0.249 e. The van der Waals surface area contributed by atoms with Crippen LogP contribution >= 0.6 is 23.2 Å². The average Bonchev–Trinajstić information content (AvgIpc) is 2.82. The Hall–Kier alpha value is -2.82. The summed E-state index contributed by atoms with van der Waals surface area (Å²) in [5.41, 5.74) is 4.39. The van der Waals surface area contributed by atoms with Gasteiger partial charge in [0.15, 0.2) is 0 Å². The quantitative estimate of drug-likeness (QED) is 0.590. The van der Waals surface area contributed by atoms with Crippen molar-refractivity contribution in [3.8, 4) is 5.75 Å². The van der Waals surface area contributed by atoms with Gasteiger partial charge in [-0.25, -0.2) is 0 Å². The van der Waals surface area contributed by atoms with Crippen molar-refractivity contribution in [2.45, 2.75) is 19.4 Å². The Kier molecular flexibility index (Phi) is 5.31. The number of benzodiazepines with no additional fused rings is 1. The Balaban J connectivity index is 1.86. The molecule has 1 aliphatic heterocycles. The lowest BCUT2D eigenvalue weighted by atomic mass is 9.98. The minimum Gasteiger partial charge on any atom is -0.508 e. The van der Waals surface area contributed by atoms with Crippen molar-refractivity contribution in [1.29, 1.82) is 0 Å². The van der Waals surface area contributed by atoms with Crippen molar-refractivity contribution in [2.24, 2.45) is 4.99 Å². The summed E-state index contributed by atoms with van der Waals surface area (Å²) in [6.45, 7) is 1.82. The predicted molar refractivity (Wildman–Crippen MR) is 118 cm³/mol. The lowest BCUT2D eigenvalue weighted by Crippen LogP contribution is -2.27. The van der Waals surface area contributed by atoms with Gasteiger partial charge in [-0.3, -0.25) is 9.79 Å². The normalized spacial score (nSPS) is 15.9. The zero-order valence-corrected chi connectivity index (χ0v) is 17.1. The molecule has 0 unspecified atom stereocenters. The summed E-state index contributed by atoms with van der Waals surface area (Å²) in [4.78, 5) is 17.8. The number of aryl methyl sites for hydroxylation is 1. The first-order valence-electron chi connectivity index (χ1n) is 9.14. The molecule has 6 heteroatoms. The second kappa shape index (κ2) is 7.90. The SMILES string of the molecule is Cc1cc(C2=N[C@@H](Cc3ccccc3Cl)C(=O)Nc3ccc(Cl)cc32)ccc1O. The van der Waals surface area contributed by atoms with Gasteiger partial charge in [-0.2, -0.15) is 0 Å². The van der Waals surface area contributed by atoms with Gasteiger partial charge in [0.25, 0.3) is 0 Å². The third-order valence-electron chi connectivity index (χ3n) is 4.92. The van der Waals surface area contributed by atoms with Gasteiger partial charge < -0.3 is 10.4 Å². The van der Waals surface area contributed by atoms with Crippen molar-refractivity contribution < 1.29 is 9.90 Å². The van der Waals surface area contributed by atoms with E-state index >= 15 is 0 Å². The van der Waals surface area contributed by atoms with Crippen LogP contribution in [0.1, 0.15) is 22.3 Å². The van der Waals surface area contributed by atoms with E-state index in [0.717, 1.165) is 22.3 Å². The molecule has 1 amide bonds. The highest BCUT2D eigenvalue weighted by Gasteiger charge is 2.27. The molecule has 0 saturated heterocycles. The molecule has 0 aromatic heterocycles. The standard InChI is InChI=1S/C23H18Cl2N2O2/c1-13-10-15(6-9-21(13)28)22-17-12-16(24)7-8-19(17)27-23(29)20(26-22)11-14-4-2-3-5-18(14)25/h2-10,12,20,28H,11H2,1H3,(H,27,29)/t20-/m0/s1. The Morgan fingerprint density at radius 3 is 2.62 bits per heavy atom. The number of nitrogens with one attached hydrogen (secondary N) is 1. The molecule has 0 spiro atoms. The van der Waals surface area contributed by atoms with Crippen LogP contribution in [-0.2, 0) is 11.2 Å². The van der Waals surface area contributed by atoms with E-state index in [0.29, 0.717) is 27.9 Å². The molecule has 0 saturated carbocycles. The van der Waals surface area contributed by atoms with Crippen LogP contribution in [0.4, 0.5) is 5.69 Å². The fraction of sp³-hybridized carbons (Fsp3) is 0.130. The number of anilines is 1. The fourth-order valence-corrected chi connectivity index (χ4v) is 3.75. The van der Waals surface area contributed by atoms with Gasteiger partial charge in [-0.1, -0.05) is 41.4 Å². The minimum atomic E-state index is -0.662. The number of aliphatic imine (C=N–C) groups is 1. The Morgan fingerprint density at radius 1 is 1.07 bits per heavy atom. The first-order valence-corrected chi connectivity index (χ1v) is 9.90. The van der Waals surface area contributed by atoms with E-state index < -0.39 is 6.04 Å². The summed E-state index contributed by atoms with van der Waals surface area (Å²) in [5, 5.41) is 14.0. The van der Waals surface area contributed by atoms with Gasteiger partial charge in [0.05, 0.1) is 11.4 Å². The van der Waals surface area contributed by atoms with E-state index in [1.165, 1.54) is 0 Å². The maximum atomic E-state index is 12.9. The van der Waals surface area contributed by atoms with Crippen LogP contribution in [0.3, 0.4) is 0 Å². The monoisotopic (exact) mass is 424 g/mol. The number of carbonyl (C=O) groups is 1. The van der Waals surface area contributed by atoms with Gasteiger partial charge in [-0.05, 0) is 60.5 Å². The van der Waals surface area contributed by atoms with Crippen molar-refractivity contribution in [3.05, 3.63) is 93.0 Å². The number of phenols is 1. The zero-order chi connectivity index (χ0) is 20.5. The fourth-order valence-electron chi connectivity index (χ4n) is 3.36. The molecule has 0 bridgehead atoms. The molecule has 2 N–H and O–H groups in total. The van der Waals surface area contributed by atoms with Crippen molar-refractivity contribution in [2.75, 3.05) is 5.32 Å². The summed E-state index contributed by atoms with van der Waals surface area (Å²) in [7, 11) is 0. The summed E-state index contributed by atoms with van der Waals surface area (Å²) >= 11 is 12.5. The number of phenolic OH excluding ortho intramolecular Hbond substituents is 1. The number of rotatable bonds is 3. The van der Waals surface area contributed by atoms with E-state index in [2.05, 4.69) is 5.32 Å². The molecule has 1 atom stereocenters. The molecule has 0 radical (unpaired) electrons. The highest BCUT2D eigenvalue weighted by molar-refractivity contribution is 6.32. The number of benzene rings is 3. The molecule has 3 aromatic carbocycles. The number of aromatic hydroxyl groups is 1. The second-order valence-corrected chi connectivity index (χ2v) is 7.81. The third kappa shape index (κ3) is 4.00. The topological polar surface area (TPSA) is 61.7 Å². The van der Waals surface area contributed by atoms with Crippen molar-refractivity contribution in [1.82, 2.24) is 0 Å². The van der Waals surface area contributed by atoms with Crippen LogP contribution in [0.2, 0.25) is 10.0 Å². The molecule has 0 fully saturated rings. The van der Waals surface area contributed by atoms with Crippen LogP contribution < -0.4 is 5.32 Å². The second-order valence-electron chi connectivity index (χ2n) is 6.97.